The van der Waals surface area contributed by atoms with Crippen molar-refractivity contribution in [3.63, 3.8) is 0 Å². The first kappa shape index (κ1) is 22.9. The third-order valence-corrected chi connectivity index (χ3v) is 5.07. The number of nitrogens with one attached hydrogen (secondary N) is 2. The molecule has 0 atom stereocenters. The van der Waals surface area contributed by atoms with Crippen molar-refractivity contribution in [2.24, 2.45) is 11.8 Å². The number of rotatable bonds is 9. The first-order valence-electron chi connectivity index (χ1n) is 10.2. The summed E-state index contributed by atoms with van der Waals surface area (Å²) in [7, 11) is 0. The van der Waals surface area contributed by atoms with Crippen LogP contribution in [0.1, 0.15) is 55.7 Å². The van der Waals surface area contributed by atoms with E-state index in [4.69, 9.17) is 0 Å². The predicted octanol–water partition coefficient (Wildman–Crippen LogP) is 4.78. The minimum atomic E-state index is -0.169. The van der Waals surface area contributed by atoms with Crippen molar-refractivity contribution in [2.75, 3.05) is 18.4 Å². The Bertz CT molecular complexity index is 817. The van der Waals surface area contributed by atoms with Crippen LogP contribution >= 0.6 is 11.3 Å². The number of hydrogen-bond donors (Lipinski definition) is 2. The standard InChI is InChI=1S/C22H32N4O2S/c1-6-17-8-7-9-18(10-17)24-22(28)26(12-16(4)5)13-20-25-19(14-29-20)21(27)23-11-15(2)3/h7-10,14-16H,6,11-13H2,1-5H3,(H,23,27)(H,24,28). The van der Waals surface area contributed by atoms with Crippen molar-refractivity contribution in [2.45, 2.75) is 47.6 Å². The molecule has 2 rings (SSSR count). The van der Waals surface area contributed by atoms with Crippen molar-refractivity contribution in [3.05, 3.63) is 45.9 Å². The van der Waals surface area contributed by atoms with Gasteiger partial charge in [0.2, 0.25) is 0 Å². The van der Waals surface area contributed by atoms with Crippen LogP contribution in [0.5, 0.6) is 0 Å². The number of thiazole rings is 1. The molecule has 0 unspecified atom stereocenters. The second kappa shape index (κ2) is 11.0. The molecular formula is C22H32N4O2S. The molecule has 0 radical (unpaired) electrons. The Balaban J connectivity index is 2.06. The summed E-state index contributed by atoms with van der Waals surface area (Å²) in [6.07, 6.45) is 0.917. The monoisotopic (exact) mass is 416 g/mol. The lowest BCUT2D eigenvalue weighted by molar-refractivity contribution is 0.0944. The molecule has 0 spiro atoms. The lowest BCUT2D eigenvalue weighted by atomic mass is 10.1. The van der Waals surface area contributed by atoms with Crippen LogP contribution < -0.4 is 10.6 Å². The smallest absolute Gasteiger partial charge is 0.322 e. The van der Waals surface area contributed by atoms with E-state index in [0.29, 0.717) is 37.2 Å². The van der Waals surface area contributed by atoms with Crippen LogP contribution in [-0.4, -0.2) is 34.9 Å². The molecule has 1 aromatic heterocycles. The summed E-state index contributed by atoms with van der Waals surface area (Å²) in [5, 5.41) is 8.36. The summed E-state index contributed by atoms with van der Waals surface area (Å²) < 4.78 is 0. The Labute approximate surface area is 177 Å². The molecule has 29 heavy (non-hydrogen) atoms. The van der Waals surface area contributed by atoms with E-state index >= 15 is 0 Å². The van der Waals surface area contributed by atoms with Gasteiger partial charge in [-0.05, 0) is 36.0 Å². The fourth-order valence-corrected chi connectivity index (χ4v) is 3.56. The number of urea groups is 1. The molecule has 7 heteroatoms. The van der Waals surface area contributed by atoms with Gasteiger partial charge in [0.25, 0.3) is 5.91 Å². The van der Waals surface area contributed by atoms with E-state index < -0.39 is 0 Å². The van der Waals surface area contributed by atoms with E-state index in [0.717, 1.165) is 17.1 Å². The zero-order valence-corrected chi connectivity index (χ0v) is 18.8. The quantitative estimate of drug-likeness (QED) is 0.618. The Morgan fingerprint density at radius 1 is 1.17 bits per heavy atom. The minimum Gasteiger partial charge on any atom is -0.350 e. The zero-order valence-electron chi connectivity index (χ0n) is 18.0. The largest absolute Gasteiger partial charge is 0.350 e. The first-order valence-corrected chi connectivity index (χ1v) is 11.0. The summed E-state index contributed by atoms with van der Waals surface area (Å²) >= 11 is 1.40. The fourth-order valence-electron chi connectivity index (χ4n) is 2.77. The third kappa shape index (κ3) is 7.49. The highest BCUT2D eigenvalue weighted by Gasteiger charge is 2.19. The molecule has 0 fully saturated rings. The van der Waals surface area contributed by atoms with Gasteiger partial charge in [-0.1, -0.05) is 46.8 Å². The fraction of sp³-hybridized carbons (Fsp3) is 0.500. The van der Waals surface area contributed by atoms with Crippen LogP contribution in [0.15, 0.2) is 29.6 Å². The van der Waals surface area contributed by atoms with Gasteiger partial charge in [0, 0.05) is 24.2 Å². The summed E-state index contributed by atoms with van der Waals surface area (Å²) in [4.78, 5) is 31.3. The summed E-state index contributed by atoms with van der Waals surface area (Å²) in [5.74, 6) is 0.530. The average molecular weight is 417 g/mol. The van der Waals surface area contributed by atoms with E-state index in [1.54, 1.807) is 10.3 Å². The zero-order chi connectivity index (χ0) is 21.4. The van der Waals surface area contributed by atoms with Crippen molar-refractivity contribution in [1.29, 1.82) is 0 Å². The molecule has 158 valence electrons. The molecule has 3 amide bonds. The number of aryl methyl sites for hydroxylation is 1. The van der Waals surface area contributed by atoms with Gasteiger partial charge in [-0.25, -0.2) is 9.78 Å². The lowest BCUT2D eigenvalue weighted by Gasteiger charge is -2.24. The number of nitrogens with zero attached hydrogens (tertiary/aromatic N) is 2. The van der Waals surface area contributed by atoms with Gasteiger partial charge in [0.05, 0.1) is 6.54 Å². The summed E-state index contributed by atoms with van der Waals surface area (Å²) in [6, 6.07) is 7.72. The van der Waals surface area contributed by atoms with Crippen LogP contribution in [0.3, 0.4) is 0 Å². The molecule has 0 bridgehead atoms. The lowest BCUT2D eigenvalue weighted by Crippen LogP contribution is -2.37. The van der Waals surface area contributed by atoms with Crippen LogP contribution in [0, 0.1) is 11.8 Å². The number of hydrogen-bond acceptors (Lipinski definition) is 4. The number of aromatic nitrogens is 1. The van der Waals surface area contributed by atoms with Gasteiger partial charge in [-0.15, -0.1) is 11.3 Å². The van der Waals surface area contributed by atoms with Crippen molar-refractivity contribution < 1.29 is 9.59 Å². The van der Waals surface area contributed by atoms with E-state index in [1.165, 1.54) is 16.9 Å². The first-order chi connectivity index (χ1) is 13.8. The number of carbonyl (C=O) groups excluding carboxylic acids is 2. The minimum absolute atomic E-state index is 0.159. The highest BCUT2D eigenvalue weighted by molar-refractivity contribution is 7.09. The molecule has 2 N–H and O–H groups in total. The highest BCUT2D eigenvalue weighted by atomic mass is 32.1. The normalized spacial score (nSPS) is 11.0. The Hall–Kier alpha value is -2.41. The molecule has 2 aromatic rings. The number of carbonyl (C=O) groups is 2. The van der Waals surface area contributed by atoms with Gasteiger partial charge < -0.3 is 15.5 Å². The van der Waals surface area contributed by atoms with E-state index in [1.807, 2.05) is 38.1 Å². The molecule has 0 saturated carbocycles. The SMILES string of the molecule is CCc1cccc(NC(=O)N(Cc2nc(C(=O)NCC(C)C)cs2)CC(C)C)c1. The maximum Gasteiger partial charge on any atom is 0.322 e. The summed E-state index contributed by atoms with van der Waals surface area (Å²) in [5.41, 5.74) is 2.37. The predicted molar refractivity (Wildman–Crippen MR) is 119 cm³/mol. The molecule has 0 saturated heterocycles. The Kier molecular flexibility index (Phi) is 8.64. The second-order valence-corrected chi connectivity index (χ2v) is 8.93. The number of amides is 3. The van der Waals surface area contributed by atoms with Gasteiger partial charge in [0.1, 0.15) is 10.7 Å². The van der Waals surface area contributed by atoms with Crippen molar-refractivity contribution in [3.8, 4) is 0 Å². The van der Waals surface area contributed by atoms with E-state index in [9.17, 15) is 9.59 Å². The maximum atomic E-state index is 12.9. The topological polar surface area (TPSA) is 74.3 Å². The molecule has 0 aliphatic rings. The second-order valence-electron chi connectivity index (χ2n) is 7.99. The van der Waals surface area contributed by atoms with Crippen LogP contribution in [0.4, 0.5) is 10.5 Å². The van der Waals surface area contributed by atoms with E-state index in [2.05, 4.69) is 36.4 Å². The highest BCUT2D eigenvalue weighted by Crippen LogP contribution is 2.17. The molecule has 0 aliphatic heterocycles. The average Bonchev–Trinajstić information content (AvgIpc) is 3.14. The van der Waals surface area contributed by atoms with Crippen molar-refractivity contribution in [1.82, 2.24) is 15.2 Å². The molecular weight excluding hydrogens is 384 g/mol. The van der Waals surface area contributed by atoms with Crippen LogP contribution in [-0.2, 0) is 13.0 Å². The van der Waals surface area contributed by atoms with Gasteiger partial charge >= 0.3 is 6.03 Å². The Morgan fingerprint density at radius 3 is 2.59 bits per heavy atom. The van der Waals surface area contributed by atoms with Crippen LogP contribution in [0.2, 0.25) is 0 Å². The van der Waals surface area contributed by atoms with E-state index in [-0.39, 0.29) is 11.9 Å². The van der Waals surface area contributed by atoms with Crippen LogP contribution in [0.25, 0.3) is 0 Å². The maximum absolute atomic E-state index is 12.9. The molecule has 0 aliphatic carbocycles. The van der Waals surface area contributed by atoms with Gasteiger partial charge in [0.15, 0.2) is 0 Å². The van der Waals surface area contributed by atoms with Gasteiger partial charge in [-0.3, -0.25) is 4.79 Å². The number of anilines is 1. The third-order valence-electron chi connectivity index (χ3n) is 4.24. The molecule has 1 aromatic carbocycles. The Morgan fingerprint density at radius 2 is 1.93 bits per heavy atom. The molecule has 1 heterocycles. The summed E-state index contributed by atoms with van der Waals surface area (Å²) in [6.45, 7) is 11.9. The van der Waals surface area contributed by atoms with Crippen molar-refractivity contribution >= 4 is 29.0 Å². The van der Waals surface area contributed by atoms with Gasteiger partial charge in [-0.2, -0.15) is 0 Å². The molecule has 6 nitrogen and oxygen atoms in total. The number of benzene rings is 1.